The number of aromatic carboxylic acids is 1. The van der Waals surface area contributed by atoms with Crippen molar-refractivity contribution in [1.29, 1.82) is 0 Å². The predicted octanol–water partition coefficient (Wildman–Crippen LogP) is 5.99. The van der Waals surface area contributed by atoms with Gasteiger partial charge < -0.3 is 14.7 Å². The molecule has 0 fully saturated rings. The lowest BCUT2D eigenvalue weighted by atomic mass is 9.76. The van der Waals surface area contributed by atoms with Crippen molar-refractivity contribution in [3.8, 4) is 5.75 Å². The number of carbonyl (C=O) groups is 2. The maximum atomic E-state index is 14.1. The van der Waals surface area contributed by atoms with E-state index in [1.165, 1.54) is 0 Å². The first-order valence-corrected chi connectivity index (χ1v) is 11.7. The summed E-state index contributed by atoms with van der Waals surface area (Å²) >= 11 is 6.38. The number of aryl methyl sites for hydroxylation is 1. The number of benzene rings is 3. The number of hydrogen-bond donors (Lipinski definition) is 1. The average molecular weight is 476 g/mol. The van der Waals surface area contributed by atoms with Crippen molar-refractivity contribution in [2.24, 2.45) is 0 Å². The smallest absolute Gasteiger partial charge is 0.336 e. The molecule has 1 amide bonds. The van der Waals surface area contributed by atoms with Crippen LogP contribution in [-0.4, -0.2) is 22.6 Å². The van der Waals surface area contributed by atoms with E-state index in [1.54, 1.807) is 35.2 Å². The number of fused-ring (bicyclic) bond motifs is 2. The molecular formula is C28H26ClNO4. The van der Waals surface area contributed by atoms with Crippen LogP contribution in [0.5, 0.6) is 5.75 Å². The molecule has 6 heteroatoms. The zero-order chi connectivity index (χ0) is 24.3. The van der Waals surface area contributed by atoms with Crippen molar-refractivity contribution in [2.45, 2.75) is 51.2 Å². The summed E-state index contributed by atoms with van der Waals surface area (Å²) in [7, 11) is 0. The fourth-order valence-electron chi connectivity index (χ4n) is 5.08. The summed E-state index contributed by atoms with van der Waals surface area (Å²) in [6, 6.07) is 18.2. The van der Waals surface area contributed by atoms with Gasteiger partial charge >= 0.3 is 5.97 Å². The van der Waals surface area contributed by atoms with E-state index < -0.39 is 11.4 Å². The lowest BCUT2D eigenvalue weighted by molar-refractivity contribution is -0.121. The summed E-state index contributed by atoms with van der Waals surface area (Å²) in [5.41, 5.74) is 3.11. The number of rotatable bonds is 4. The van der Waals surface area contributed by atoms with Gasteiger partial charge in [0.1, 0.15) is 11.4 Å². The van der Waals surface area contributed by atoms with Gasteiger partial charge in [-0.05, 0) is 86.2 Å². The molecule has 0 unspecified atom stereocenters. The van der Waals surface area contributed by atoms with E-state index in [1.807, 2.05) is 31.2 Å². The summed E-state index contributed by atoms with van der Waals surface area (Å²) < 4.78 is 6.15. The van der Waals surface area contributed by atoms with Gasteiger partial charge in [0.05, 0.1) is 17.5 Å². The second-order valence-electron chi connectivity index (χ2n) is 9.82. The highest BCUT2D eigenvalue weighted by molar-refractivity contribution is 6.31. The van der Waals surface area contributed by atoms with Gasteiger partial charge in [-0.15, -0.1) is 0 Å². The third-order valence-electron chi connectivity index (χ3n) is 7.06. The number of ether oxygens (including phenoxy) is 1. The van der Waals surface area contributed by atoms with Crippen molar-refractivity contribution in [1.82, 2.24) is 0 Å². The highest BCUT2D eigenvalue weighted by atomic mass is 35.5. The first-order chi connectivity index (χ1) is 16.1. The van der Waals surface area contributed by atoms with E-state index in [-0.39, 0.29) is 23.6 Å². The summed E-state index contributed by atoms with van der Waals surface area (Å²) in [6.07, 6.45) is 1.77. The topological polar surface area (TPSA) is 66.8 Å². The third kappa shape index (κ3) is 3.55. The zero-order valence-electron chi connectivity index (χ0n) is 19.4. The number of anilines is 1. The Morgan fingerprint density at radius 1 is 1.09 bits per heavy atom. The molecule has 3 aromatic rings. The molecule has 0 saturated heterocycles. The van der Waals surface area contributed by atoms with Crippen molar-refractivity contribution in [3.05, 3.63) is 93.5 Å². The lowest BCUT2D eigenvalue weighted by Gasteiger charge is -2.34. The van der Waals surface area contributed by atoms with Crippen LogP contribution in [-0.2, 0) is 23.2 Å². The Morgan fingerprint density at radius 2 is 1.85 bits per heavy atom. The maximum absolute atomic E-state index is 14.1. The van der Waals surface area contributed by atoms with Crippen molar-refractivity contribution >= 4 is 29.2 Å². The summed E-state index contributed by atoms with van der Waals surface area (Å²) in [4.78, 5) is 27.5. The molecule has 5 rings (SSSR count). The summed E-state index contributed by atoms with van der Waals surface area (Å²) in [6.45, 7) is 6.24. The van der Waals surface area contributed by atoms with E-state index in [9.17, 15) is 14.7 Å². The molecule has 0 aromatic heterocycles. The van der Waals surface area contributed by atoms with Gasteiger partial charge in [-0.25, -0.2) is 4.79 Å². The molecule has 3 aromatic carbocycles. The molecule has 174 valence electrons. The van der Waals surface area contributed by atoms with E-state index in [0.717, 1.165) is 41.0 Å². The van der Waals surface area contributed by atoms with E-state index in [0.29, 0.717) is 10.6 Å². The minimum Gasteiger partial charge on any atom is -0.488 e. The Bertz CT molecular complexity index is 1330. The van der Waals surface area contributed by atoms with Crippen LogP contribution in [0.2, 0.25) is 5.02 Å². The van der Waals surface area contributed by atoms with Crippen LogP contribution in [0.15, 0.2) is 60.7 Å². The van der Waals surface area contributed by atoms with Crippen LogP contribution >= 0.6 is 11.6 Å². The Kier molecular flexibility index (Phi) is 5.21. The highest BCUT2D eigenvalue weighted by Crippen LogP contribution is 2.48. The molecule has 2 aliphatic heterocycles. The molecule has 34 heavy (non-hydrogen) atoms. The second-order valence-corrected chi connectivity index (χ2v) is 10.3. The van der Waals surface area contributed by atoms with E-state index >= 15 is 0 Å². The van der Waals surface area contributed by atoms with Crippen molar-refractivity contribution in [3.63, 3.8) is 0 Å². The molecule has 1 atom stereocenters. The van der Waals surface area contributed by atoms with Gasteiger partial charge in [-0.3, -0.25) is 4.79 Å². The molecule has 0 radical (unpaired) electrons. The van der Waals surface area contributed by atoms with Crippen LogP contribution in [0.25, 0.3) is 0 Å². The molecule has 1 N–H and O–H groups in total. The van der Waals surface area contributed by atoms with Gasteiger partial charge in [0.25, 0.3) is 0 Å². The lowest BCUT2D eigenvalue weighted by Crippen LogP contribution is -2.39. The van der Waals surface area contributed by atoms with Gasteiger partial charge in [-0.1, -0.05) is 41.9 Å². The van der Waals surface area contributed by atoms with Crippen molar-refractivity contribution < 1.29 is 19.4 Å². The fraction of sp³-hybridized carbons (Fsp3) is 0.286. The molecular weight excluding hydrogens is 450 g/mol. The largest absolute Gasteiger partial charge is 0.488 e. The number of carboxylic acid groups (broad SMARTS) is 1. The minimum atomic E-state index is -1.01. The molecule has 0 aliphatic carbocycles. The molecule has 0 bridgehead atoms. The normalized spacial score (nSPS) is 20.5. The quantitative estimate of drug-likeness (QED) is 0.503. The Labute approximate surface area is 203 Å². The number of nitrogens with zero attached hydrogens (tertiary/aromatic N) is 1. The standard InChI is InChI=1S/C28H26ClNO4/c1-27(2)13-12-17-14-19(8-11-24(17)34-27)28(3)22-15-20(29)9-10-23(22)30(26(28)33)16-18-6-4-5-7-21(18)25(31)32/h4-11,14-15H,12-13,16H2,1-3H3,(H,31,32)/t28-/m0/s1. The molecule has 2 heterocycles. The number of amides is 1. The Morgan fingerprint density at radius 3 is 2.62 bits per heavy atom. The zero-order valence-corrected chi connectivity index (χ0v) is 20.1. The second kappa shape index (κ2) is 7.88. The van der Waals surface area contributed by atoms with Crippen LogP contribution in [0.4, 0.5) is 5.69 Å². The Balaban J connectivity index is 1.60. The summed E-state index contributed by atoms with van der Waals surface area (Å²) in [5, 5.41) is 10.2. The number of carboxylic acids is 1. The minimum absolute atomic E-state index is 0.109. The fourth-order valence-corrected chi connectivity index (χ4v) is 5.25. The van der Waals surface area contributed by atoms with Crippen LogP contribution in [0, 0.1) is 0 Å². The van der Waals surface area contributed by atoms with Crippen molar-refractivity contribution in [2.75, 3.05) is 4.90 Å². The molecule has 0 spiro atoms. The predicted molar refractivity (Wildman–Crippen MR) is 132 cm³/mol. The van der Waals surface area contributed by atoms with Gasteiger partial charge in [-0.2, -0.15) is 0 Å². The van der Waals surface area contributed by atoms with E-state index in [2.05, 4.69) is 19.9 Å². The number of carbonyl (C=O) groups excluding carboxylic acids is 1. The Hall–Kier alpha value is -3.31. The highest BCUT2D eigenvalue weighted by Gasteiger charge is 2.49. The third-order valence-corrected chi connectivity index (χ3v) is 7.29. The first kappa shape index (κ1) is 22.5. The molecule has 5 nitrogen and oxygen atoms in total. The average Bonchev–Trinajstić information content (AvgIpc) is 3.00. The SMILES string of the molecule is CC1(C)CCc2cc([C@]3(C)C(=O)N(Cc4ccccc4C(=O)O)c4ccc(Cl)cc43)ccc2O1. The van der Waals surface area contributed by atoms with Crippen LogP contribution < -0.4 is 9.64 Å². The first-order valence-electron chi connectivity index (χ1n) is 11.4. The van der Waals surface area contributed by atoms with Crippen LogP contribution in [0.3, 0.4) is 0 Å². The number of halogens is 1. The molecule has 2 aliphatic rings. The van der Waals surface area contributed by atoms with Gasteiger partial charge in [0, 0.05) is 10.7 Å². The van der Waals surface area contributed by atoms with E-state index in [4.69, 9.17) is 16.3 Å². The maximum Gasteiger partial charge on any atom is 0.336 e. The van der Waals surface area contributed by atoms with Crippen LogP contribution in [0.1, 0.15) is 59.8 Å². The van der Waals surface area contributed by atoms with Gasteiger partial charge in [0.15, 0.2) is 0 Å². The van der Waals surface area contributed by atoms with Gasteiger partial charge in [0.2, 0.25) is 5.91 Å². The molecule has 0 saturated carbocycles. The summed E-state index contributed by atoms with van der Waals surface area (Å²) in [5.74, 6) is -0.270. The monoisotopic (exact) mass is 475 g/mol. The number of hydrogen-bond acceptors (Lipinski definition) is 3.